The fourth-order valence-corrected chi connectivity index (χ4v) is 6.08. The van der Waals surface area contributed by atoms with E-state index in [0.717, 1.165) is 21.1 Å². The Kier molecular flexibility index (Phi) is 5.21. The molecule has 0 saturated carbocycles. The van der Waals surface area contributed by atoms with Gasteiger partial charge >= 0.3 is 29.6 Å². The maximum absolute atomic E-state index is 12.5. The Labute approximate surface area is 195 Å². The second kappa shape index (κ2) is 7.29. The summed E-state index contributed by atoms with van der Waals surface area (Å²) in [5.41, 5.74) is 3.71. The van der Waals surface area contributed by atoms with E-state index in [-0.39, 0.29) is 53.1 Å². The largest absolute Gasteiger partial charge is 1.00 e. The van der Waals surface area contributed by atoms with Gasteiger partial charge in [-0.3, -0.25) is 9.20 Å². The van der Waals surface area contributed by atoms with Crippen LogP contribution in [0.3, 0.4) is 0 Å². The first kappa shape index (κ1) is 20.7. The Morgan fingerprint density at radius 3 is 2.76 bits per heavy atom. The molecule has 2 aliphatic heterocycles. The van der Waals surface area contributed by atoms with E-state index in [2.05, 4.69) is 9.97 Å². The number of carbonyl (C=O) groups is 2. The van der Waals surface area contributed by atoms with Gasteiger partial charge in [0, 0.05) is 23.1 Å². The molecule has 0 bridgehead atoms. The van der Waals surface area contributed by atoms with E-state index in [4.69, 9.17) is 0 Å². The summed E-state index contributed by atoms with van der Waals surface area (Å²) in [4.78, 5) is 36.0. The molecule has 1 amide bonds. The minimum atomic E-state index is -1.38. The Morgan fingerprint density at radius 2 is 2.14 bits per heavy atom. The van der Waals surface area contributed by atoms with Crippen LogP contribution in [0.4, 0.5) is 0 Å². The molecule has 1 fully saturated rings. The average Bonchev–Trinajstić information content (AvgIpc) is 3.36. The average molecular weight is 438 g/mol. The number of rotatable bonds is 4. The molecule has 5 rings (SSSR count). The Balaban J connectivity index is 0.00000205. The van der Waals surface area contributed by atoms with Gasteiger partial charge in [0.2, 0.25) is 5.91 Å². The van der Waals surface area contributed by atoms with Crippen LogP contribution in [0.5, 0.6) is 0 Å². The predicted octanol–water partition coefficient (Wildman–Crippen LogP) is -2.16. The van der Waals surface area contributed by atoms with Crippen molar-refractivity contribution in [1.29, 1.82) is 0 Å². The van der Waals surface area contributed by atoms with Crippen molar-refractivity contribution in [2.75, 3.05) is 0 Å². The Hall–Kier alpha value is -1.56. The normalized spacial score (nSPS) is 24.4. The van der Waals surface area contributed by atoms with Gasteiger partial charge in [0.15, 0.2) is 0 Å². The van der Waals surface area contributed by atoms with Gasteiger partial charge in [0.1, 0.15) is 22.5 Å². The number of aliphatic carboxylic acids is 1. The zero-order valence-electron chi connectivity index (χ0n) is 15.9. The SMILES string of the molecule is C[C@@H](O)[C@H]1C(=O)N2C(C(=O)[O-])=C(c3cn4cnc(-c5cscn5)c4s3)[C@H](C)[C@H]12.[Na+]. The number of aliphatic hydroxyl groups is 1. The number of imidazole rings is 1. The first-order chi connectivity index (χ1) is 13.4. The number of carboxylic acid groups (broad SMARTS) is 1. The summed E-state index contributed by atoms with van der Waals surface area (Å²) in [6.07, 6.45) is 2.66. The third-order valence-corrected chi connectivity index (χ3v) is 7.25. The van der Waals surface area contributed by atoms with E-state index in [0.29, 0.717) is 5.57 Å². The van der Waals surface area contributed by atoms with Gasteiger partial charge in [0.25, 0.3) is 0 Å². The second-order valence-electron chi connectivity index (χ2n) is 7.08. The molecule has 4 atom stereocenters. The molecule has 2 aliphatic rings. The number of carboxylic acids is 1. The minimum Gasteiger partial charge on any atom is -0.543 e. The molecule has 0 radical (unpaired) electrons. The molecular weight excluding hydrogens is 423 g/mol. The van der Waals surface area contributed by atoms with Crippen LogP contribution in [0.2, 0.25) is 0 Å². The number of hydrogen-bond donors (Lipinski definition) is 1. The third-order valence-electron chi connectivity index (χ3n) is 5.52. The fraction of sp³-hybridized carbons (Fsp3) is 0.333. The molecule has 0 aromatic carbocycles. The van der Waals surface area contributed by atoms with Crippen molar-refractivity contribution in [3.05, 3.63) is 34.0 Å². The zero-order chi connectivity index (χ0) is 19.7. The van der Waals surface area contributed by atoms with Crippen molar-refractivity contribution >= 4 is 45.0 Å². The molecule has 3 aromatic rings. The van der Waals surface area contributed by atoms with Gasteiger partial charge < -0.3 is 19.9 Å². The van der Waals surface area contributed by atoms with Crippen LogP contribution in [0.15, 0.2) is 29.1 Å². The number of nitrogens with zero attached hydrogens (tertiary/aromatic N) is 4. The number of aromatic nitrogens is 3. The number of aliphatic hydroxyl groups excluding tert-OH is 1. The van der Waals surface area contributed by atoms with Crippen LogP contribution in [-0.2, 0) is 9.59 Å². The molecule has 0 unspecified atom stereocenters. The number of thiazole rings is 2. The van der Waals surface area contributed by atoms with Gasteiger partial charge in [-0.2, -0.15) is 0 Å². The van der Waals surface area contributed by atoms with Crippen molar-refractivity contribution in [3.63, 3.8) is 0 Å². The molecule has 1 N–H and O–H groups in total. The van der Waals surface area contributed by atoms with Crippen molar-refractivity contribution in [1.82, 2.24) is 19.3 Å². The number of amides is 1. The summed E-state index contributed by atoms with van der Waals surface area (Å²) in [5, 5.41) is 23.8. The van der Waals surface area contributed by atoms with Crippen LogP contribution in [0.25, 0.3) is 21.8 Å². The second-order valence-corrected chi connectivity index (χ2v) is 8.83. The summed E-state index contributed by atoms with van der Waals surface area (Å²) >= 11 is 2.89. The first-order valence-electron chi connectivity index (χ1n) is 8.72. The maximum atomic E-state index is 12.5. The summed E-state index contributed by atoms with van der Waals surface area (Å²) < 4.78 is 1.84. The topological polar surface area (TPSA) is 111 Å². The Morgan fingerprint density at radius 1 is 1.38 bits per heavy atom. The molecular formula is C18H15N4NaO4S2. The number of hydrogen-bond acceptors (Lipinski definition) is 8. The standard InChI is InChI=1S/C18H16N4O4S2.Na/c1-7-11(15(18(25)26)22-14(7)12(8(2)23)16(22)24)10-3-21-5-19-13(17(21)28-10)9-4-27-6-20-9;/h3-8,12,14,23H,1-2H3,(H,25,26);/q;+1/p-1/t7-,8+,12+,14+;/m0./s1. The molecule has 0 aliphatic carbocycles. The molecule has 5 heterocycles. The van der Waals surface area contributed by atoms with E-state index < -0.39 is 18.0 Å². The van der Waals surface area contributed by atoms with Crippen LogP contribution in [0.1, 0.15) is 18.7 Å². The third kappa shape index (κ3) is 2.85. The van der Waals surface area contributed by atoms with Crippen LogP contribution < -0.4 is 34.7 Å². The first-order valence-corrected chi connectivity index (χ1v) is 10.5. The molecule has 29 heavy (non-hydrogen) atoms. The predicted molar refractivity (Wildman–Crippen MR) is 101 cm³/mol. The maximum Gasteiger partial charge on any atom is 1.00 e. The smallest absolute Gasteiger partial charge is 0.543 e. The molecule has 1 saturated heterocycles. The van der Waals surface area contributed by atoms with Crippen molar-refractivity contribution in [2.45, 2.75) is 26.0 Å². The van der Waals surface area contributed by atoms with Gasteiger partial charge in [-0.15, -0.1) is 22.7 Å². The quantitative estimate of drug-likeness (QED) is 0.367. The number of β-lactam (4-membered cyclic amide) rings is 1. The monoisotopic (exact) mass is 438 g/mol. The van der Waals surface area contributed by atoms with Gasteiger partial charge in [-0.25, -0.2) is 9.97 Å². The van der Waals surface area contributed by atoms with Gasteiger partial charge in [-0.1, -0.05) is 6.92 Å². The van der Waals surface area contributed by atoms with E-state index in [1.165, 1.54) is 27.6 Å². The molecule has 144 valence electrons. The van der Waals surface area contributed by atoms with Crippen LogP contribution in [-0.4, -0.2) is 48.4 Å². The fourth-order valence-electron chi connectivity index (χ4n) is 4.31. The van der Waals surface area contributed by atoms with Crippen molar-refractivity contribution < 1.29 is 49.4 Å². The van der Waals surface area contributed by atoms with Crippen molar-refractivity contribution in [2.24, 2.45) is 11.8 Å². The molecule has 0 spiro atoms. The number of fused-ring (bicyclic) bond motifs is 2. The summed E-state index contributed by atoms with van der Waals surface area (Å²) in [6, 6.07) is -0.368. The van der Waals surface area contributed by atoms with Gasteiger partial charge in [0.05, 0.1) is 40.1 Å². The van der Waals surface area contributed by atoms with Gasteiger partial charge in [-0.05, 0) is 6.92 Å². The van der Waals surface area contributed by atoms with Crippen molar-refractivity contribution in [3.8, 4) is 11.4 Å². The van der Waals surface area contributed by atoms with E-state index in [9.17, 15) is 19.8 Å². The summed E-state index contributed by atoms with van der Waals surface area (Å²) in [5.74, 6) is -2.57. The van der Waals surface area contributed by atoms with E-state index in [1.807, 2.05) is 22.9 Å². The zero-order valence-corrected chi connectivity index (χ0v) is 19.5. The molecule has 8 nitrogen and oxygen atoms in total. The van der Waals surface area contributed by atoms with E-state index in [1.54, 1.807) is 18.8 Å². The van der Waals surface area contributed by atoms with Crippen LogP contribution >= 0.6 is 22.7 Å². The summed E-state index contributed by atoms with van der Waals surface area (Å²) in [7, 11) is 0. The van der Waals surface area contributed by atoms with Crippen LogP contribution in [0, 0.1) is 11.8 Å². The number of carbonyl (C=O) groups excluding carboxylic acids is 2. The molecule has 11 heteroatoms. The Bertz CT molecular complexity index is 1150. The minimum absolute atomic E-state index is 0. The molecule has 3 aromatic heterocycles. The summed E-state index contributed by atoms with van der Waals surface area (Å²) in [6.45, 7) is 3.45. The van der Waals surface area contributed by atoms with E-state index >= 15 is 0 Å².